The van der Waals surface area contributed by atoms with E-state index in [0.717, 1.165) is 10.9 Å². The van der Waals surface area contributed by atoms with Gasteiger partial charge in [-0.25, -0.2) is 4.39 Å². The van der Waals surface area contributed by atoms with Crippen LogP contribution in [-0.4, -0.2) is 15.6 Å². The normalized spacial score (nSPS) is 13.2. The van der Waals surface area contributed by atoms with Crippen molar-refractivity contribution in [1.29, 1.82) is 0 Å². The molecule has 18 heavy (non-hydrogen) atoms. The Kier molecular flexibility index (Phi) is 3.11. The summed E-state index contributed by atoms with van der Waals surface area (Å²) in [7, 11) is 0. The maximum atomic E-state index is 13.2. The fraction of sp³-hybridized carbons (Fsp3) is 0.357. The second kappa shape index (κ2) is 4.44. The SMILES string of the molecule is CC(C(=O)O)c1cc2cc(F)ccc2n1C(C)C. The molecule has 0 aliphatic carbocycles. The zero-order valence-electron chi connectivity index (χ0n) is 10.6. The first-order valence-corrected chi connectivity index (χ1v) is 5.95. The number of carbonyl (C=O) groups is 1. The van der Waals surface area contributed by atoms with Gasteiger partial charge in [-0.05, 0) is 45.0 Å². The van der Waals surface area contributed by atoms with E-state index in [1.165, 1.54) is 12.1 Å². The number of nitrogens with zero attached hydrogens (tertiary/aromatic N) is 1. The van der Waals surface area contributed by atoms with Crippen LogP contribution in [0.1, 0.15) is 38.4 Å². The third-order valence-electron chi connectivity index (χ3n) is 3.16. The second-order valence-corrected chi connectivity index (χ2v) is 4.80. The highest BCUT2D eigenvalue weighted by molar-refractivity contribution is 5.84. The van der Waals surface area contributed by atoms with E-state index in [2.05, 4.69) is 0 Å². The smallest absolute Gasteiger partial charge is 0.312 e. The lowest BCUT2D eigenvalue weighted by atomic mass is 10.1. The van der Waals surface area contributed by atoms with Crippen LogP contribution in [0, 0.1) is 5.82 Å². The number of hydrogen-bond donors (Lipinski definition) is 1. The van der Waals surface area contributed by atoms with Gasteiger partial charge in [-0.2, -0.15) is 0 Å². The molecular weight excluding hydrogens is 233 g/mol. The Hall–Kier alpha value is -1.84. The summed E-state index contributed by atoms with van der Waals surface area (Å²) in [6, 6.07) is 6.42. The topological polar surface area (TPSA) is 42.2 Å². The van der Waals surface area contributed by atoms with E-state index in [1.54, 1.807) is 19.1 Å². The Morgan fingerprint density at radius 2 is 1.94 bits per heavy atom. The Labute approximate surface area is 105 Å². The molecule has 1 aromatic heterocycles. The molecular formula is C14H16FNO2. The van der Waals surface area contributed by atoms with Gasteiger partial charge in [0.2, 0.25) is 0 Å². The first-order chi connectivity index (χ1) is 8.41. The molecule has 0 aliphatic heterocycles. The van der Waals surface area contributed by atoms with E-state index in [4.69, 9.17) is 5.11 Å². The highest BCUT2D eigenvalue weighted by atomic mass is 19.1. The van der Waals surface area contributed by atoms with Crippen LogP contribution >= 0.6 is 0 Å². The van der Waals surface area contributed by atoms with Crippen LogP contribution < -0.4 is 0 Å². The van der Waals surface area contributed by atoms with E-state index in [1.807, 2.05) is 18.4 Å². The lowest BCUT2D eigenvalue weighted by molar-refractivity contribution is -0.138. The van der Waals surface area contributed by atoms with Gasteiger partial charge >= 0.3 is 5.97 Å². The van der Waals surface area contributed by atoms with Crippen molar-refractivity contribution in [1.82, 2.24) is 4.57 Å². The number of fused-ring (bicyclic) bond motifs is 1. The largest absolute Gasteiger partial charge is 0.481 e. The average molecular weight is 249 g/mol. The van der Waals surface area contributed by atoms with Crippen molar-refractivity contribution in [3.8, 4) is 0 Å². The maximum Gasteiger partial charge on any atom is 0.312 e. The molecule has 1 aromatic carbocycles. The van der Waals surface area contributed by atoms with Crippen molar-refractivity contribution < 1.29 is 14.3 Å². The van der Waals surface area contributed by atoms with Crippen molar-refractivity contribution in [3.63, 3.8) is 0 Å². The monoisotopic (exact) mass is 249 g/mol. The molecule has 4 heteroatoms. The summed E-state index contributed by atoms with van der Waals surface area (Å²) < 4.78 is 15.2. The van der Waals surface area contributed by atoms with Crippen LogP contribution in [-0.2, 0) is 4.79 Å². The molecule has 96 valence electrons. The van der Waals surface area contributed by atoms with Crippen LogP contribution in [0.15, 0.2) is 24.3 Å². The Bertz CT molecular complexity index is 601. The second-order valence-electron chi connectivity index (χ2n) is 4.80. The van der Waals surface area contributed by atoms with Gasteiger partial charge in [0.15, 0.2) is 0 Å². The Morgan fingerprint density at radius 1 is 1.28 bits per heavy atom. The third-order valence-corrected chi connectivity index (χ3v) is 3.16. The fourth-order valence-electron chi connectivity index (χ4n) is 2.26. The minimum absolute atomic E-state index is 0.129. The van der Waals surface area contributed by atoms with Crippen LogP contribution in [0.4, 0.5) is 4.39 Å². The zero-order valence-corrected chi connectivity index (χ0v) is 10.6. The number of hydrogen-bond acceptors (Lipinski definition) is 1. The Balaban J connectivity index is 2.72. The number of aliphatic carboxylic acids is 1. The molecule has 0 amide bonds. The minimum Gasteiger partial charge on any atom is -0.481 e. The molecule has 1 N–H and O–H groups in total. The zero-order chi connectivity index (χ0) is 13.4. The highest BCUT2D eigenvalue weighted by Gasteiger charge is 2.21. The molecule has 2 rings (SSSR count). The lowest BCUT2D eigenvalue weighted by Crippen LogP contribution is -2.14. The molecule has 1 heterocycles. The van der Waals surface area contributed by atoms with Gasteiger partial charge in [0.25, 0.3) is 0 Å². The van der Waals surface area contributed by atoms with Gasteiger partial charge in [-0.15, -0.1) is 0 Å². The van der Waals surface area contributed by atoms with Crippen LogP contribution in [0.25, 0.3) is 10.9 Å². The van der Waals surface area contributed by atoms with Gasteiger partial charge in [0, 0.05) is 22.6 Å². The molecule has 0 bridgehead atoms. The maximum absolute atomic E-state index is 13.2. The molecule has 0 saturated heterocycles. The van der Waals surface area contributed by atoms with Crippen molar-refractivity contribution in [2.75, 3.05) is 0 Å². The molecule has 1 unspecified atom stereocenters. The van der Waals surface area contributed by atoms with E-state index in [9.17, 15) is 9.18 Å². The molecule has 1 atom stereocenters. The number of benzene rings is 1. The van der Waals surface area contributed by atoms with Gasteiger partial charge in [0.05, 0.1) is 5.92 Å². The number of aromatic nitrogens is 1. The van der Waals surface area contributed by atoms with Gasteiger partial charge in [-0.3, -0.25) is 4.79 Å². The predicted molar refractivity (Wildman–Crippen MR) is 68.3 cm³/mol. The lowest BCUT2D eigenvalue weighted by Gasteiger charge is -2.17. The molecule has 0 aliphatic rings. The summed E-state index contributed by atoms with van der Waals surface area (Å²) in [4.78, 5) is 11.1. The number of carboxylic acid groups (broad SMARTS) is 1. The molecule has 0 saturated carbocycles. The van der Waals surface area contributed by atoms with Crippen molar-refractivity contribution in [2.45, 2.75) is 32.7 Å². The average Bonchev–Trinajstić information content (AvgIpc) is 2.65. The highest BCUT2D eigenvalue weighted by Crippen LogP contribution is 2.29. The van der Waals surface area contributed by atoms with E-state index in [0.29, 0.717) is 5.69 Å². The van der Waals surface area contributed by atoms with Crippen molar-refractivity contribution in [2.24, 2.45) is 0 Å². The summed E-state index contributed by atoms with van der Waals surface area (Å²) >= 11 is 0. The van der Waals surface area contributed by atoms with E-state index >= 15 is 0 Å². The van der Waals surface area contributed by atoms with E-state index in [-0.39, 0.29) is 11.9 Å². The summed E-state index contributed by atoms with van der Waals surface area (Å²) in [5, 5.41) is 9.88. The van der Waals surface area contributed by atoms with Crippen molar-refractivity contribution >= 4 is 16.9 Å². The summed E-state index contributed by atoms with van der Waals surface area (Å²) in [6.07, 6.45) is 0. The van der Waals surface area contributed by atoms with Gasteiger partial charge in [-0.1, -0.05) is 0 Å². The standard InChI is InChI=1S/C14H16FNO2/c1-8(2)16-12-5-4-11(15)6-10(12)7-13(16)9(3)14(17)18/h4-9H,1-3H3,(H,17,18). The first-order valence-electron chi connectivity index (χ1n) is 5.95. The summed E-state index contributed by atoms with van der Waals surface area (Å²) in [5.74, 6) is -1.79. The van der Waals surface area contributed by atoms with E-state index < -0.39 is 11.9 Å². The summed E-state index contributed by atoms with van der Waals surface area (Å²) in [5.41, 5.74) is 1.58. The number of carboxylic acids is 1. The minimum atomic E-state index is -0.875. The van der Waals surface area contributed by atoms with Crippen LogP contribution in [0.3, 0.4) is 0 Å². The van der Waals surface area contributed by atoms with Gasteiger partial charge < -0.3 is 9.67 Å². The molecule has 0 spiro atoms. The Morgan fingerprint density at radius 3 is 2.50 bits per heavy atom. The number of rotatable bonds is 3. The quantitative estimate of drug-likeness (QED) is 0.903. The predicted octanol–water partition coefficient (Wildman–Crippen LogP) is 3.55. The third kappa shape index (κ3) is 1.98. The van der Waals surface area contributed by atoms with Gasteiger partial charge in [0.1, 0.15) is 5.82 Å². The van der Waals surface area contributed by atoms with Crippen LogP contribution in [0.2, 0.25) is 0 Å². The molecule has 2 aromatic rings. The first kappa shape index (κ1) is 12.6. The fourth-order valence-corrected chi connectivity index (χ4v) is 2.26. The molecule has 3 nitrogen and oxygen atoms in total. The number of halogens is 1. The van der Waals surface area contributed by atoms with Crippen LogP contribution in [0.5, 0.6) is 0 Å². The molecule has 0 radical (unpaired) electrons. The molecule has 0 fully saturated rings. The van der Waals surface area contributed by atoms with Crippen molar-refractivity contribution in [3.05, 3.63) is 35.8 Å². The summed E-state index contributed by atoms with van der Waals surface area (Å²) in [6.45, 7) is 5.62.